The second-order valence-electron chi connectivity index (χ2n) is 7.71. The van der Waals surface area contributed by atoms with Crippen molar-refractivity contribution in [3.8, 4) is 5.75 Å². The predicted molar refractivity (Wildman–Crippen MR) is 120 cm³/mol. The van der Waals surface area contributed by atoms with Crippen molar-refractivity contribution in [3.63, 3.8) is 0 Å². The van der Waals surface area contributed by atoms with Crippen molar-refractivity contribution < 1.29 is 9.53 Å². The molecule has 1 aromatic carbocycles. The van der Waals surface area contributed by atoms with Crippen molar-refractivity contribution in [1.82, 2.24) is 14.8 Å². The smallest absolute Gasteiger partial charge is 0.319 e. The van der Waals surface area contributed by atoms with Gasteiger partial charge in [-0.1, -0.05) is 17.7 Å². The molecule has 2 aromatic rings. The molecular formula is C22H26ClN5O2. The first kappa shape index (κ1) is 20.3. The number of pyridine rings is 1. The lowest BCUT2D eigenvalue weighted by atomic mass is 9.97. The summed E-state index contributed by atoms with van der Waals surface area (Å²) in [6.07, 6.45) is 5.69. The molecule has 2 amide bonds. The van der Waals surface area contributed by atoms with E-state index in [1.54, 1.807) is 32.3 Å². The number of hydrogen-bond donors (Lipinski definition) is 2. The van der Waals surface area contributed by atoms with E-state index in [2.05, 4.69) is 21.7 Å². The number of aromatic nitrogens is 1. The molecule has 0 saturated heterocycles. The first-order valence-electron chi connectivity index (χ1n) is 9.96. The molecule has 0 fully saturated rings. The average molecular weight is 428 g/mol. The van der Waals surface area contributed by atoms with E-state index in [0.29, 0.717) is 17.3 Å². The Morgan fingerprint density at radius 2 is 2.20 bits per heavy atom. The second kappa shape index (κ2) is 8.44. The van der Waals surface area contributed by atoms with Crippen LogP contribution in [0.3, 0.4) is 0 Å². The number of carbonyl (C=O) groups excluding carboxylic acids is 1. The molecule has 7 nitrogen and oxygen atoms in total. The molecule has 1 unspecified atom stereocenters. The number of rotatable bonds is 4. The second-order valence-corrected chi connectivity index (χ2v) is 8.12. The van der Waals surface area contributed by atoms with Gasteiger partial charge in [0, 0.05) is 62.8 Å². The summed E-state index contributed by atoms with van der Waals surface area (Å²) in [5.41, 5.74) is 4.40. The summed E-state index contributed by atoms with van der Waals surface area (Å²) < 4.78 is 5.32. The minimum absolute atomic E-state index is 0.0551. The molecule has 0 spiro atoms. The monoisotopic (exact) mass is 427 g/mol. The Bertz CT molecular complexity index is 991. The van der Waals surface area contributed by atoms with Crippen LogP contribution in [0.2, 0.25) is 5.02 Å². The number of methoxy groups -OCH3 is 1. The third kappa shape index (κ3) is 4.03. The summed E-state index contributed by atoms with van der Waals surface area (Å²) in [7, 11) is 5.18. The standard InChI is InChI=1S/C22H26ClN5O2/c1-27(2)22(29)28-10-7-14(8-11-28)19-13-16-18(6-9-24-21(16)26-19)25-15-4-5-17(23)20(12-15)30-3/h4-7,9,12,19H,8,10-11,13H2,1-3H3,(H2,24,25,26). The molecule has 2 N–H and O–H groups in total. The maximum atomic E-state index is 12.2. The van der Waals surface area contributed by atoms with Crippen molar-refractivity contribution in [2.24, 2.45) is 0 Å². The molecule has 30 heavy (non-hydrogen) atoms. The molecule has 4 rings (SSSR count). The minimum atomic E-state index is 0.0551. The van der Waals surface area contributed by atoms with Gasteiger partial charge in [0.15, 0.2) is 0 Å². The van der Waals surface area contributed by atoms with Gasteiger partial charge in [-0.3, -0.25) is 0 Å². The Hall–Kier alpha value is -2.93. The maximum absolute atomic E-state index is 12.2. The van der Waals surface area contributed by atoms with Crippen LogP contribution in [0.4, 0.5) is 22.0 Å². The van der Waals surface area contributed by atoms with Gasteiger partial charge in [-0.2, -0.15) is 0 Å². The van der Waals surface area contributed by atoms with Crippen LogP contribution >= 0.6 is 11.6 Å². The molecule has 158 valence electrons. The van der Waals surface area contributed by atoms with Gasteiger partial charge in [-0.15, -0.1) is 0 Å². The fraction of sp³-hybridized carbons (Fsp3) is 0.364. The van der Waals surface area contributed by atoms with E-state index in [1.165, 1.54) is 5.57 Å². The van der Waals surface area contributed by atoms with Gasteiger partial charge in [0.05, 0.1) is 18.2 Å². The van der Waals surface area contributed by atoms with Gasteiger partial charge in [0.1, 0.15) is 11.6 Å². The van der Waals surface area contributed by atoms with E-state index in [4.69, 9.17) is 16.3 Å². The molecule has 0 saturated carbocycles. The summed E-state index contributed by atoms with van der Waals surface area (Å²) in [6, 6.07) is 7.87. The molecule has 1 atom stereocenters. The van der Waals surface area contributed by atoms with Crippen LogP contribution in [0, 0.1) is 0 Å². The predicted octanol–water partition coefficient (Wildman–Crippen LogP) is 4.14. The highest BCUT2D eigenvalue weighted by atomic mass is 35.5. The highest BCUT2D eigenvalue weighted by Crippen LogP contribution is 2.36. The summed E-state index contributed by atoms with van der Waals surface area (Å²) in [6.45, 7) is 1.38. The van der Waals surface area contributed by atoms with Gasteiger partial charge in [-0.05, 0) is 30.2 Å². The number of carbonyl (C=O) groups is 1. The Morgan fingerprint density at radius 1 is 1.37 bits per heavy atom. The Labute approximate surface area is 181 Å². The summed E-state index contributed by atoms with van der Waals surface area (Å²) >= 11 is 6.14. The van der Waals surface area contributed by atoms with E-state index in [1.807, 2.05) is 29.2 Å². The van der Waals surface area contributed by atoms with Crippen molar-refractivity contribution in [2.45, 2.75) is 18.9 Å². The van der Waals surface area contributed by atoms with Crippen molar-refractivity contribution in [3.05, 3.63) is 52.7 Å². The first-order chi connectivity index (χ1) is 14.5. The summed E-state index contributed by atoms with van der Waals surface area (Å²) in [4.78, 5) is 20.2. The SMILES string of the molecule is COc1cc(Nc2ccnc3c2CC(C2=CCN(C(=O)N(C)C)CC2)N3)ccc1Cl. The zero-order valence-electron chi connectivity index (χ0n) is 17.4. The molecule has 0 radical (unpaired) electrons. The normalized spacial score (nSPS) is 17.7. The fourth-order valence-corrected chi connectivity index (χ4v) is 4.13. The molecule has 3 heterocycles. The first-order valence-corrected chi connectivity index (χ1v) is 10.3. The lowest BCUT2D eigenvalue weighted by Crippen LogP contribution is -2.42. The molecule has 8 heteroatoms. The van der Waals surface area contributed by atoms with E-state index in [-0.39, 0.29) is 12.1 Å². The lowest BCUT2D eigenvalue weighted by Gasteiger charge is -2.30. The van der Waals surface area contributed by atoms with Crippen LogP contribution in [0.25, 0.3) is 0 Å². The van der Waals surface area contributed by atoms with Crippen LogP contribution < -0.4 is 15.4 Å². The van der Waals surface area contributed by atoms with Crippen molar-refractivity contribution in [2.75, 3.05) is 44.9 Å². The third-order valence-corrected chi connectivity index (χ3v) is 5.86. The summed E-state index contributed by atoms with van der Waals surface area (Å²) in [5.74, 6) is 1.53. The Morgan fingerprint density at radius 3 is 2.90 bits per heavy atom. The number of urea groups is 1. The maximum Gasteiger partial charge on any atom is 0.319 e. The third-order valence-electron chi connectivity index (χ3n) is 5.55. The van der Waals surface area contributed by atoms with E-state index in [9.17, 15) is 4.79 Å². The van der Waals surface area contributed by atoms with Crippen molar-refractivity contribution >= 4 is 34.8 Å². The summed E-state index contributed by atoms with van der Waals surface area (Å²) in [5, 5.41) is 7.60. The van der Waals surface area contributed by atoms with E-state index < -0.39 is 0 Å². The number of hydrogen-bond acceptors (Lipinski definition) is 5. The van der Waals surface area contributed by atoms with Gasteiger partial charge in [0.2, 0.25) is 0 Å². The molecule has 0 bridgehead atoms. The number of halogens is 1. The van der Waals surface area contributed by atoms with Gasteiger partial charge in [0.25, 0.3) is 0 Å². The van der Waals surface area contributed by atoms with Gasteiger partial charge >= 0.3 is 6.03 Å². The molecule has 1 aromatic heterocycles. The van der Waals surface area contributed by atoms with Crippen LogP contribution in [-0.4, -0.2) is 61.2 Å². The topological polar surface area (TPSA) is 69.7 Å². The Kier molecular flexibility index (Phi) is 5.72. The highest BCUT2D eigenvalue weighted by molar-refractivity contribution is 6.32. The van der Waals surface area contributed by atoms with Crippen LogP contribution in [0.5, 0.6) is 5.75 Å². The largest absolute Gasteiger partial charge is 0.495 e. The number of nitrogens with zero attached hydrogens (tertiary/aromatic N) is 3. The number of benzene rings is 1. The number of nitrogens with one attached hydrogen (secondary N) is 2. The highest BCUT2D eigenvalue weighted by Gasteiger charge is 2.29. The molecule has 2 aliphatic rings. The molecular weight excluding hydrogens is 402 g/mol. The Balaban J connectivity index is 1.48. The lowest BCUT2D eigenvalue weighted by molar-refractivity contribution is 0.174. The van der Waals surface area contributed by atoms with Crippen molar-refractivity contribution in [1.29, 1.82) is 0 Å². The van der Waals surface area contributed by atoms with E-state index in [0.717, 1.165) is 42.1 Å². The number of amides is 2. The fourth-order valence-electron chi connectivity index (χ4n) is 3.94. The van der Waals surface area contributed by atoms with Crippen LogP contribution in [-0.2, 0) is 6.42 Å². The number of ether oxygens (including phenoxy) is 1. The van der Waals surface area contributed by atoms with Crippen LogP contribution in [0.1, 0.15) is 12.0 Å². The van der Waals surface area contributed by atoms with E-state index >= 15 is 0 Å². The van der Waals surface area contributed by atoms with Gasteiger partial charge < -0.3 is 25.2 Å². The number of anilines is 3. The average Bonchev–Trinajstić information content (AvgIpc) is 3.20. The van der Waals surface area contributed by atoms with Crippen LogP contribution in [0.15, 0.2) is 42.1 Å². The zero-order valence-corrected chi connectivity index (χ0v) is 18.2. The minimum Gasteiger partial charge on any atom is -0.495 e. The molecule has 2 aliphatic heterocycles. The zero-order chi connectivity index (χ0) is 21.3. The number of fused-ring (bicyclic) bond motifs is 1. The molecule has 0 aliphatic carbocycles. The quantitative estimate of drug-likeness (QED) is 0.718. The van der Waals surface area contributed by atoms with Gasteiger partial charge in [-0.25, -0.2) is 9.78 Å².